The van der Waals surface area contributed by atoms with E-state index in [0.717, 1.165) is 24.8 Å². The first kappa shape index (κ1) is 8.90. The summed E-state index contributed by atoms with van der Waals surface area (Å²) in [5.74, 6) is 0.118. The third-order valence-electron chi connectivity index (χ3n) is 1.74. The molecule has 1 unspecified atom stereocenters. The third-order valence-corrected chi connectivity index (χ3v) is 1.74. The van der Waals surface area contributed by atoms with E-state index in [1.807, 2.05) is 20.2 Å². The van der Waals surface area contributed by atoms with Crippen LogP contribution in [0.1, 0.15) is 19.0 Å². The summed E-state index contributed by atoms with van der Waals surface area (Å²) in [6.07, 6.45) is 4.52. The van der Waals surface area contributed by atoms with Crippen molar-refractivity contribution < 1.29 is 4.79 Å². The second-order valence-electron chi connectivity index (χ2n) is 3.04. The molecule has 0 bridgehead atoms. The highest BCUT2D eigenvalue weighted by molar-refractivity contribution is 5.52. The molecule has 1 heterocycles. The molecule has 1 aromatic rings. The smallest absolute Gasteiger partial charge is 0.122 e. The second kappa shape index (κ2) is 3.99. The Kier molecular flexibility index (Phi) is 2.96. The summed E-state index contributed by atoms with van der Waals surface area (Å²) < 4.78 is 1.67. The normalized spacial score (nSPS) is 12.8. The monoisotopic (exact) mass is 167 g/mol. The van der Waals surface area contributed by atoms with Crippen molar-refractivity contribution in [2.75, 3.05) is 0 Å². The first-order valence-electron chi connectivity index (χ1n) is 4.03. The van der Waals surface area contributed by atoms with E-state index in [2.05, 4.69) is 10.3 Å². The van der Waals surface area contributed by atoms with Crippen LogP contribution in [0.15, 0.2) is 6.20 Å². The van der Waals surface area contributed by atoms with Crippen LogP contribution in [-0.2, 0) is 18.3 Å². The summed E-state index contributed by atoms with van der Waals surface area (Å²) in [4.78, 5) is 10.3. The van der Waals surface area contributed by atoms with Crippen molar-refractivity contribution in [3.63, 3.8) is 0 Å². The maximum absolute atomic E-state index is 10.3. The summed E-state index contributed by atoms with van der Waals surface area (Å²) >= 11 is 0. The summed E-state index contributed by atoms with van der Waals surface area (Å²) in [5.41, 5.74) is 0.950. The quantitative estimate of drug-likeness (QED) is 0.616. The fourth-order valence-corrected chi connectivity index (χ4v) is 0.953. The minimum atomic E-state index is 0.118. The van der Waals surface area contributed by atoms with Gasteiger partial charge in [-0.15, -0.1) is 5.10 Å². The first-order valence-corrected chi connectivity index (χ1v) is 4.03. The van der Waals surface area contributed by atoms with E-state index in [0.29, 0.717) is 0 Å². The van der Waals surface area contributed by atoms with Crippen LogP contribution in [-0.4, -0.2) is 21.3 Å². The van der Waals surface area contributed by atoms with E-state index < -0.39 is 0 Å². The number of hydrogen-bond donors (Lipinski definition) is 0. The van der Waals surface area contributed by atoms with Crippen LogP contribution >= 0.6 is 0 Å². The zero-order chi connectivity index (χ0) is 8.97. The Bertz CT molecular complexity index is 257. The Morgan fingerprint density at radius 2 is 2.50 bits per heavy atom. The average molecular weight is 167 g/mol. The number of hydrogen-bond acceptors (Lipinski definition) is 3. The molecule has 0 aliphatic carbocycles. The van der Waals surface area contributed by atoms with Gasteiger partial charge in [-0.25, -0.2) is 0 Å². The van der Waals surface area contributed by atoms with Gasteiger partial charge in [-0.2, -0.15) is 0 Å². The lowest BCUT2D eigenvalue weighted by Gasteiger charge is -1.98. The Morgan fingerprint density at radius 1 is 1.75 bits per heavy atom. The Morgan fingerprint density at radius 3 is 3.00 bits per heavy atom. The van der Waals surface area contributed by atoms with Gasteiger partial charge in [0.2, 0.25) is 0 Å². The van der Waals surface area contributed by atoms with Crippen molar-refractivity contribution in [2.24, 2.45) is 13.0 Å². The molecule has 0 aliphatic rings. The fraction of sp³-hybridized carbons (Fsp3) is 0.625. The third kappa shape index (κ3) is 2.45. The Labute approximate surface area is 71.6 Å². The predicted molar refractivity (Wildman–Crippen MR) is 44.6 cm³/mol. The number of aryl methyl sites for hydroxylation is 2. The van der Waals surface area contributed by atoms with Gasteiger partial charge in [-0.1, -0.05) is 12.1 Å². The molecular weight excluding hydrogens is 154 g/mol. The highest BCUT2D eigenvalue weighted by Crippen LogP contribution is 2.03. The summed E-state index contributed by atoms with van der Waals surface area (Å²) in [5, 5.41) is 7.72. The molecule has 4 heteroatoms. The van der Waals surface area contributed by atoms with Crippen LogP contribution in [0.5, 0.6) is 0 Å². The molecule has 4 nitrogen and oxygen atoms in total. The van der Waals surface area contributed by atoms with Crippen molar-refractivity contribution in [2.45, 2.75) is 19.8 Å². The van der Waals surface area contributed by atoms with Gasteiger partial charge in [0.15, 0.2) is 0 Å². The number of rotatable bonds is 4. The predicted octanol–water partition coefficient (Wildman–Crippen LogP) is 0.583. The van der Waals surface area contributed by atoms with Crippen LogP contribution in [0.25, 0.3) is 0 Å². The van der Waals surface area contributed by atoms with E-state index in [9.17, 15) is 4.79 Å². The van der Waals surface area contributed by atoms with Crippen molar-refractivity contribution in [3.05, 3.63) is 11.9 Å². The number of aromatic nitrogens is 3. The van der Waals surface area contributed by atoms with Gasteiger partial charge in [0.25, 0.3) is 0 Å². The lowest BCUT2D eigenvalue weighted by molar-refractivity contribution is -0.110. The van der Waals surface area contributed by atoms with Crippen LogP contribution in [0, 0.1) is 5.92 Å². The number of aldehydes is 1. The molecule has 66 valence electrons. The zero-order valence-corrected chi connectivity index (χ0v) is 7.40. The van der Waals surface area contributed by atoms with Gasteiger partial charge in [0.05, 0.1) is 5.69 Å². The summed E-state index contributed by atoms with van der Waals surface area (Å²) in [6, 6.07) is 0. The summed E-state index contributed by atoms with van der Waals surface area (Å²) in [7, 11) is 1.83. The van der Waals surface area contributed by atoms with Crippen LogP contribution in [0.4, 0.5) is 0 Å². The maximum atomic E-state index is 10.3. The highest BCUT2D eigenvalue weighted by Gasteiger charge is 2.02. The zero-order valence-electron chi connectivity index (χ0n) is 7.40. The van der Waals surface area contributed by atoms with Gasteiger partial charge in [-0.3, -0.25) is 4.68 Å². The molecular formula is C8H13N3O. The van der Waals surface area contributed by atoms with E-state index in [1.165, 1.54) is 0 Å². The largest absolute Gasteiger partial charge is 0.303 e. The number of nitrogens with zero attached hydrogens (tertiary/aromatic N) is 3. The van der Waals surface area contributed by atoms with Gasteiger partial charge in [0.1, 0.15) is 6.29 Å². The first-order chi connectivity index (χ1) is 5.72. The van der Waals surface area contributed by atoms with Crippen molar-refractivity contribution in [3.8, 4) is 0 Å². The molecule has 0 fully saturated rings. The molecule has 1 rings (SSSR count). The molecule has 0 saturated carbocycles. The molecule has 0 amide bonds. The fourth-order valence-electron chi connectivity index (χ4n) is 0.953. The van der Waals surface area contributed by atoms with Gasteiger partial charge in [0, 0.05) is 19.2 Å². The molecule has 0 saturated heterocycles. The van der Waals surface area contributed by atoms with Gasteiger partial charge < -0.3 is 4.79 Å². The SMILES string of the molecule is CC(C=O)CCc1cn(C)nn1. The highest BCUT2D eigenvalue weighted by atomic mass is 16.1. The maximum Gasteiger partial charge on any atom is 0.122 e. The molecule has 1 atom stereocenters. The van der Waals surface area contributed by atoms with Crippen molar-refractivity contribution >= 4 is 6.29 Å². The standard InChI is InChI=1S/C8H13N3O/c1-7(6-12)3-4-8-5-11(2)10-9-8/h5-7H,3-4H2,1-2H3. The van der Waals surface area contributed by atoms with Crippen molar-refractivity contribution in [1.82, 2.24) is 15.0 Å². The van der Waals surface area contributed by atoms with Crippen molar-refractivity contribution in [1.29, 1.82) is 0 Å². The lowest BCUT2D eigenvalue weighted by atomic mass is 10.1. The minimum absolute atomic E-state index is 0.118. The molecule has 1 aromatic heterocycles. The molecule has 0 radical (unpaired) electrons. The topological polar surface area (TPSA) is 47.8 Å². The van der Waals surface area contributed by atoms with Gasteiger partial charge in [-0.05, 0) is 12.8 Å². The Balaban J connectivity index is 2.37. The molecule has 0 spiro atoms. The lowest BCUT2D eigenvalue weighted by Crippen LogP contribution is -1.98. The van der Waals surface area contributed by atoms with E-state index in [4.69, 9.17) is 0 Å². The number of carbonyl (C=O) groups is 1. The minimum Gasteiger partial charge on any atom is -0.303 e. The van der Waals surface area contributed by atoms with E-state index >= 15 is 0 Å². The van der Waals surface area contributed by atoms with E-state index in [1.54, 1.807) is 4.68 Å². The van der Waals surface area contributed by atoms with Gasteiger partial charge >= 0.3 is 0 Å². The summed E-state index contributed by atoms with van der Waals surface area (Å²) in [6.45, 7) is 1.91. The van der Waals surface area contributed by atoms with E-state index in [-0.39, 0.29) is 5.92 Å². The second-order valence-corrected chi connectivity index (χ2v) is 3.04. The molecule has 0 N–H and O–H groups in total. The number of carbonyl (C=O) groups excluding carboxylic acids is 1. The van der Waals surface area contributed by atoms with Crippen LogP contribution < -0.4 is 0 Å². The molecule has 12 heavy (non-hydrogen) atoms. The Hall–Kier alpha value is -1.19. The molecule has 0 aliphatic heterocycles. The van der Waals surface area contributed by atoms with Crippen LogP contribution in [0.2, 0.25) is 0 Å². The van der Waals surface area contributed by atoms with Crippen LogP contribution in [0.3, 0.4) is 0 Å². The average Bonchev–Trinajstić information content (AvgIpc) is 2.47. The molecule has 0 aromatic carbocycles.